The first-order chi connectivity index (χ1) is 14.4. The average Bonchev–Trinajstić information content (AvgIpc) is 3.17. The molecule has 0 spiro atoms. The van der Waals surface area contributed by atoms with Crippen molar-refractivity contribution in [3.8, 4) is 5.75 Å². The number of benzene rings is 1. The first-order valence-corrected chi connectivity index (χ1v) is 10.6. The minimum Gasteiger partial charge on any atom is -0.486 e. The molecule has 1 aromatic heterocycles. The van der Waals surface area contributed by atoms with Crippen molar-refractivity contribution < 1.29 is 23.9 Å². The molecule has 1 aromatic carbocycles. The number of aryl methyl sites for hydroxylation is 2. The van der Waals surface area contributed by atoms with E-state index in [4.69, 9.17) is 9.47 Å². The summed E-state index contributed by atoms with van der Waals surface area (Å²) in [6.07, 6.45) is 0.0977. The monoisotopic (exact) mass is 433 g/mol. The molecule has 2 rings (SSSR count). The van der Waals surface area contributed by atoms with Crippen molar-refractivity contribution in [1.29, 1.82) is 0 Å². The van der Waals surface area contributed by atoms with Gasteiger partial charge in [0.2, 0.25) is 5.91 Å². The van der Waals surface area contributed by atoms with Gasteiger partial charge in [0.1, 0.15) is 23.1 Å². The molecule has 0 fully saturated rings. The molecule has 0 saturated heterocycles. The maximum absolute atomic E-state index is 12.2. The molecule has 0 aliphatic heterocycles. The van der Waals surface area contributed by atoms with E-state index in [-0.39, 0.29) is 44.4 Å². The number of carbonyl (C=O) groups excluding carboxylic acids is 3. The summed E-state index contributed by atoms with van der Waals surface area (Å²) in [6, 6.07) is 5.98. The maximum Gasteiger partial charge on any atom is 0.306 e. The van der Waals surface area contributed by atoms with Crippen molar-refractivity contribution in [2.24, 2.45) is 0 Å². The second-order valence-electron chi connectivity index (χ2n) is 6.65. The summed E-state index contributed by atoms with van der Waals surface area (Å²) in [5.41, 5.74) is 2.56. The van der Waals surface area contributed by atoms with Crippen LogP contribution >= 0.6 is 11.3 Å². The number of esters is 1. The number of ether oxygens (including phenoxy) is 2. The molecule has 2 N–H and O–H groups in total. The molecule has 1 heterocycles. The van der Waals surface area contributed by atoms with Gasteiger partial charge in [-0.2, -0.15) is 0 Å². The van der Waals surface area contributed by atoms with Crippen LogP contribution in [0.2, 0.25) is 0 Å². The number of hydrogen-bond donors (Lipinski definition) is 2. The molecule has 8 nitrogen and oxygen atoms in total. The van der Waals surface area contributed by atoms with Gasteiger partial charge in [0, 0.05) is 24.9 Å². The van der Waals surface area contributed by atoms with Crippen LogP contribution in [0.1, 0.15) is 46.4 Å². The van der Waals surface area contributed by atoms with Crippen LogP contribution in [0.3, 0.4) is 0 Å². The highest BCUT2D eigenvalue weighted by Gasteiger charge is 2.11. The number of nitrogens with one attached hydrogen (secondary N) is 2. The Morgan fingerprint density at radius 1 is 1.03 bits per heavy atom. The van der Waals surface area contributed by atoms with Crippen molar-refractivity contribution >= 4 is 29.1 Å². The lowest BCUT2D eigenvalue weighted by Gasteiger charge is -2.07. The molecule has 0 saturated carbocycles. The molecule has 9 heteroatoms. The van der Waals surface area contributed by atoms with Gasteiger partial charge < -0.3 is 20.1 Å². The fraction of sp³-hybridized carbons (Fsp3) is 0.429. The van der Waals surface area contributed by atoms with E-state index in [0.29, 0.717) is 17.3 Å². The summed E-state index contributed by atoms with van der Waals surface area (Å²) in [6.45, 7) is 6.84. The number of rotatable bonds is 11. The Bertz CT molecular complexity index is 861. The fourth-order valence-corrected chi connectivity index (χ4v) is 3.33. The molecule has 0 unspecified atom stereocenters. The molecule has 0 aliphatic carbocycles. The average molecular weight is 434 g/mol. The van der Waals surface area contributed by atoms with E-state index in [0.717, 1.165) is 16.9 Å². The number of hydrogen-bond acceptors (Lipinski definition) is 7. The summed E-state index contributed by atoms with van der Waals surface area (Å²) in [4.78, 5) is 39.3. The van der Waals surface area contributed by atoms with Crippen LogP contribution in [0, 0.1) is 13.8 Å². The fourth-order valence-electron chi connectivity index (χ4n) is 2.65. The van der Waals surface area contributed by atoms with Crippen LogP contribution in [-0.4, -0.2) is 42.5 Å². The lowest BCUT2D eigenvalue weighted by atomic mass is 10.1. The molecule has 162 valence electrons. The molecule has 2 aromatic rings. The Morgan fingerprint density at radius 2 is 1.73 bits per heavy atom. The Morgan fingerprint density at radius 3 is 2.43 bits per heavy atom. The molecule has 0 aliphatic rings. The second-order valence-corrected chi connectivity index (χ2v) is 7.59. The van der Waals surface area contributed by atoms with Crippen LogP contribution in [-0.2, 0) is 20.9 Å². The predicted octanol–water partition coefficient (Wildman–Crippen LogP) is 2.53. The first kappa shape index (κ1) is 23.3. The Balaban J connectivity index is 1.68. The molecule has 0 radical (unpaired) electrons. The largest absolute Gasteiger partial charge is 0.486 e. The molecule has 0 bridgehead atoms. The normalized spacial score (nSPS) is 10.4. The van der Waals surface area contributed by atoms with Crippen LogP contribution in [0.25, 0.3) is 0 Å². The number of thiazole rings is 1. The topological polar surface area (TPSA) is 107 Å². The number of amides is 2. The quantitative estimate of drug-likeness (QED) is 0.417. The van der Waals surface area contributed by atoms with Gasteiger partial charge in [0.25, 0.3) is 5.91 Å². The van der Waals surface area contributed by atoms with Gasteiger partial charge in [-0.25, -0.2) is 4.98 Å². The van der Waals surface area contributed by atoms with Crippen LogP contribution in [0.15, 0.2) is 23.6 Å². The standard InChI is InChI=1S/C21H27N3O5S/c1-4-28-20(26)6-5-18(25)22-7-8-23-21(27)17-13-30-19(24-17)12-29-16-10-14(2)9-15(3)11-16/h9-11,13H,4-8,12H2,1-3H3,(H,22,25)(H,23,27). The smallest absolute Gasteiger partial charge is 0.306 e. The first-order valence-electron chi connectivity index (χ1n) is 9.73. The molecule has 0 atom stereocenters. The van der Waals surface area contributed by atoms with Gasteiger partial charge in [-0.15, -0.1) is 11.3 Å². The summed E-state index contributed by atoms with van der Waals surface area (Å²) in [5.74, 6) is -0.212. The highest BCUT2D eigenvalue weighted by molar-refractivity contribution is 7.09. The van der Waals surface area contributed by atoms with Gasteiger partial charge in [0.15, 0.2) is 0 Å². The van der Waals surface area contributed by atoms with Crippen molar-refractivity contribution in [1.82, 2.24) is 15.6 Å². The Hall–Kier alpha value is -2.94. The maximum atomic E-state index is 12.2. The van der Waals surface area contributed by atoms with E-state index in [2.05, 4.69) is 21.7 Å². The van der Waals surface area contributed by atoms with Crippen LogP contribution < -0.4 is 15.4 Å². The minimum atomic E-state index is -0.401. The zero-order valence-electron chi connectivity index (χ0n) is 17.4. The van der Waals surface area contributed by atoms with E-state index in [1.807, 2.05) is 26.0 Å². The lowest BCUT2D eigenvalue weighted by molar-refractivity contribution is -0.144. The summed E-state index contributed by atoms with van der Waals surface area (Å²) in [7, 11) is 0. The van der Waals surface area contributed by atoms with Gasteiger partial charge in [-0.3, -0.25) is 14.4 Å². The van der Waals surface area contributed by atoms with Gasteiger partial charge >= 0.3 is 5.97 Å². The number of aromatic nitrogens is 1. The van der Waals surface area contributed by atoms with Gasteiger partial charge in [-0.05, 0) is 44.0 Å². The zero-order chi connectivity index (χ0) is 21.9. The van der Waals surface area contributed by atoms with E-state index in [1.165, 1.54) is 11.3 Å². The third-order valence-corrected chi connectivity index (χ3v) is 4.76. The zero-order valence-corrected chi connectivity index (χ0v) is 18.3. The molecule has 30 heavy (non-hydrogen) atoms. The van der Waals surface area contributed by atoms with E-state index in [1.54, 1.807) is 12.3 Å². The Labute approximate surface area is 180 Å². The molecular weight excluding hydrogens is 406 g/mol. The summed E-state index contributed by atoms with van der Waals surface area (Å²) in [5, 5.41) is 7.71. The van der Waals surface area contributed by atoms with Crippen molar-refractivity contribution in [2.45, 2.75) is 40.2 Å². The number of carbonyl (C=O) groups is 3. The SMILES string of the molecule is CCOC(=O)CCC(=O)NCCNC(=O)c1csc(COc2cc(C)cc(C)c2)n1. The minimum absolute atomic E-state index is 0.0395. The summed E-state index contributed by atoms with van der Waals surface area (Å²) >= 11 is 1.35. The third-order valence-electron chi connectivity index (χ3n) is 3.94. The van der Waals surface area contributed by atoms with Gasteiger partial charge in [-0.1, -0.05) is 6.07 Å². The van der Waals surface area contributed by atoms with Crippen LogP contribution in [0.5, 0.6) is 5.75 Å². The van der Waals surface area contributed by atoms with Crippen molar-refractivity contribution in [3.63, 3.8) is 0 Å². The lowest BCUT2D eigenvalue weighted by Crippen LogP contribution is -2.35. The van der Waals surface area contributed by atoms with Crippen molar-refractivity contribution in [2.75, 3.05) is 19.7 Å². The molecular formula is C21H27N3O5S. The van der Waals surface area contributed by atoms with E-state index < -0.39 is 5.97 Å². The highest BCUT2D eigenvalue weighted by Crippen LogP contribution is 2.19. The van der Waals surface area contributed by atoms with Crippen molar-refractivity contribution in [3.05, 3.63) is 45.4 Å². The van der Waals surface area contributed by atoms with E-state index in [9.17, 15) is 14.4 Å². The van der Waals surface area contributed by atoms with E-state index >= 15 is 0 Å². The Kier molecular flexibility index (Phi) is 9.27. The third kappa shape index (κ3) is 8.20. The predicted molar refractivity (Wildman–Crippen MR) is 114 cm³/mol. The molecule has 2 amide bonds. The second kappa shape index (κ2) is 11.9. The highest BCUT2D eigenvalue weighted by atomic mass is 32.1. The van der Waals surface area contributed by atoms with Crippen LogP contribution in [0.4, 0.5) is 0 Å². The summed E-state index contributed by atoms with van der Waals surface area (Å²) < 4.78 is 10.5. The number of nitrogens with zero attached hydrogens (tertiary/aromatic N) is 1. The van der Waals surface area contributed by atoms with Gasteiger partial charge in [0.05, 0.1) is 13.0 Å².